The van der Waals surface area contributed by atoms with Gasteiger partial charge in [-0.2, -0.15) is 0 Å². The molecule has 9 heteroatoms. The summed E-state index contributed by atoms with van der Waals surface area (Å²) in [6.07, 6.45) is 0.428. The average molecular weight is 411 g/mol. The fourth-order valence-electron chi connectivity index (χ4n) is 3.95. The molecule has 3 heterocycles. The number of benzene rings is 1. The van der Waals surface area contributed by atoms with E-state index < -0.39 is 23.4 Å². The molecule has 0 N–H and O–H groups in total. The standard InChI is InChI=1S/C19H20F3N3O2S/c1-23(11-8-27-9-11)16(26)6-14-15-5-10(7-25(15)19(28)24(14)2)17-12(20)3-4-13(21)18(17)22/h3-4,10-11H,5-9H2,1-2H3/t10-/m1/s1. The summed E-state index contributed by atoms with van der Waals surface area (Å²) in [6.45, 7) is 1.29. The number of nitrogens with zero attached hydrogens (tertiary/aromatic N) is 3. The molecule has 0 bridgehead atoms. The number of carbonyl (C=O) groups excluding carboxylic acids is 1. The van der Waals surface area contributed by atoms with Gasteiger partial charge in [0.15, 0.2) is 16.4 Å². The maximum atomic E-state index is 14.2. The van der Waals surface area contributed by atoms with Crippen molar-refractivity contribution in [2.75, 3.05) is 20.3 Å². The highest BCUT2D eigenvalue weighted by atomic mass is 32.1. The van der Waals surface area contributed by atoms with E-state index in [1.807, 2.05) is 0 Å². The van der Waals surface area contributed by atoms with E-state index in [-0.39, 0.29) is 30.5 Å². The smallest absolute Gasteiger partial charge is 0.228 e. The minimum atomic E-state index is -1.16. The predicted octanol–water partition coefficient (Wildman–Crippen LogP) is 2.71. The molecular formula is C19H20F3N3O2S. The maximum Gasteiger partial charge on any atom is 0.228 e. The van der Waals surface area contributed by atoms with Gasteiger partial charge in [-0.3, -0.25) is 4.79 Å². The second-order valence-corrected chi connectivity index (χ2v) is 7.74. The number of halogens is 3. The van der Waals surface area contributed by atoms with Gasteiger partial charge in [0.1, 0.15) is 5.82 Å². The normalized spacial score (nSPS) is 18.8. The van der Waals surface area contributed by atoms with E-state index in [1.165, 1.54) is 0 Å². The lowest BCUT2D eigenvalue weighted by Crippen LogP contribution is -2.50. The van der Waals surface area contributed by atoms with Gasteiger partial charge in [0, 0.05) is 43.5 Å². The minimum absolute atomic E-state index is 0.0691. The maximum absolute atomic E-state index is 14.2. The SMILES string of the molecule is CN(C(=O)Cc1c2n(c(=S)n1C)C[C@H](c1c(F)ccc(F)c1F)C2)C1COC1. The van der Waals surface area contributed by atoms with E-state index in [2.05, 4.69) is 0 Å². The summed E-state index contributed by atoms with van der Waals surface area (Å²) in [5, 5.41) is 0. The van der Waals surface area contributed by atoms with Gasteiger partial charge < -0.3 is 18.8 Å². The third-order valence-electron chi connectivity index (χ3n) is 5.79. The fraction of sp³-hybridized carbons (Fsp3) is 0.474. The van der Waals surface area contributed by atoms with E-state index in [9.17, 15) is 18.0 Å². The molecule has 1 saturated heterocycles. The van der Waals surface area contributed by atoms with E-state index in [0.29, 0.717) is 24.4 Å². The largest absolute Gasteiger partial charge is 0.377 e. The summed E-state index contributed by atoms with van der Waals surface area (Å²) in [6, 6.07) is 1.79. The van der Waals surface area contributed by atoms with Crippen molar-refractivity contribution in [2.45, 2.75) is 31.3 Å². The molecule has 150 valence electrons. The van der Waals surface area contributed by atoms with Crippen LogP contribution in [0.25, 0.3) is 0 Å². The van der Waals surface area contributed by atoms with Crippen molar-refractivity contribution in [2.24, 2.45) is 7.05 Å². The van der Waals surface area contributed by atoms with Crippen LogP contribution in [0.15, 0.2) is 12.1 Å². The van der Waals surface area contributed by atoms with Gasteiger partial charge in [0.05, 0.1) is 25.7 Å². The number of aromatic nitrogens is 2. The first-order valence-corrected chi connectivity index (χ1v) is 9.44. The number of fused-ring (bicyclic) bond motifs is 1. The second kappa shape index (κ2) is 7.04. The molecule has 1 atom stereocenters. The molecule has 4 rings (SSSR count). The zero-order chi connectivity index (χ0) is 20.2. The van der Waals surface area contributed by atoms with Crippen LogP contribution in [0.4, 0.5) is 13.2 Å². The Hall–Kier alpha value is -2.13. The van der Waals surface area contributed by atoms with Crippen LogP contribution >= 0.6 is 12.2 Å². The van der Waals surface area contributed by atoms with E-state index in [4.69, 9.17) is 17.0 Å². The molecule has 0 unspecified atom stereocenters. The van der Waals surface area contributed by atoms with Crippen molar-refractivity contribution in [1.82, 2.24) is 14.0 Å². The van der Waals surface area contributed by atoms with Gasteiger partial charge in [-0.25, -0.2) is 13.2 Å². The monoisotopic (exact) mass is 411 g/mol. The lowest BCUT2D eigenvalue weighted by Gasteiger charge is -2.34. The number of hydrogen-bond donors (Lipinski definition) is 0. The van der Waals surface area contributed by atoms with Crippen molar-refractivity contribution in [1.29, 1.82) is 0 Å². The van der Waals surface area contributed by atoms with Crippen molar-refractivity contribution >= 4 is 18.1 Å². The number of likely N-dealkylation sites (N-methyl/N-ethyl adjacent to an activating group) is 1. The third kappa shape index (κ3) is 2.97. The molecule has 2 aromatic rings. The molecule has 5 nitrogen and oxygen atoms in total. The van der Waals surface area contributed by atoms with Crippen molar-refractivity contribution < 1.29 is 22.7 Å². The van der Waals surface area contributed by atoms with E-state index in [0.717, 1.165) is 23.5 Å². The Bertz CT molecular complexity index is 1010. The Labute approximate surface area is 165 Å². The Kier molecular flexibility index (Phi) is 4.83. The highest BCUT2D eigenvalue weighted by Gasteiger charge is 2.34. The quantitative estimate of drug-likeness (QED) is 0.574. The van der Waals surface area contributed by atoms with E-state index in [1.54, 1.807) is 28.1 Å². The molecule has 1 aromatic heterocycles. The first kappa shape index (κ1) is 19.2. The van der Waals surface area contributed by atoms with Crippen molar-refractivity contribution in [3.05, 3.63) is 51.3 Å². The number of rotatable bonds is 4. The number of amides is 1. The molecule has 1 aromatic carbocycles. The summed E-state index contributed by atoms with van der Waals surface area (Å²) < 4.78 is 51.3. The summed E-state index contributed by atoms with van der Waals surface area (Å²) in [5.41, 5.74) is 1.23. The number of hydrogen-bond acceptors (Lipinski definition) is 3. The van der Waals surface area contributed by atoms with Crippen LogP contribution in [-0.2, 0) is 36.0 Å². The van der Waals surface area contributed by atoms with Gasteiger partial charge >= 0.3 is 0 Å². The topological polar surface area (TPSA) is 39.4 Å². The first-order valence-electron chi connectivity index (χ1n) is 9.03. The summed E-state index contributed by atoms with van der Waals surface area (Å²) >= 11 is 5.46. The molecule has 0 radical (unpaired) electrons. The summed E-state index contributed by atoms with van der Waals surface area (Å²) in [5.74, 6) is -3.64. The molecule has 2 aliphatic rings. The summed E-state index contributed by atoms with van der Waals surface area (Å²) in [4.78, 5) is 14.3. The van der Waals surface area contributed by atoms with Crippen LogP contribution < -0.4 is 0 Å². The van der Waals surface area contributed by atoms with Crippen LogP contribution in [0, 0.1) is 22.2 Å². The van der Waals surface area contributed by atoms with Crippen LogP contribution in [0.5, 0.6) is 0 Å². The Morgan fingerprint density at radius 1 is 1.29 bits per heavy atom. The lowest BCUT2D eigenvalue weighted by molar-refractivity contribution is -0.141. The number of ether oxygens (including phenoxy) is 1. The van der Waals surface area contributed by atoms with Gasteiger partial charge in [-0.1, -0.05) is 0 Å². The zero-order valence-corrected chi connectivity index (χ0v) is 16.4. The van der Waals surface area contributed by atoms with Crippen LogP contribution in [0.3, 0.4) is 0 Å². The van der Waals surface area contributed by atoms with E-state index >= 15 is 0 Å². The van der Waals surface area contributed by atoms with Gasteiger partial charge in [0.25, 0.3) is 0 Å². The van der Waals surface area contributed by atoms with Gasteiger partial charge in [-0.15, -0.1) is 0 Å². The van der Waals surface area contributed by atoms with Crippen LogP contribution in [0.1, 0.15) is 22.9 Å². The zero-order valence-electron chi connectivity index (χ0n) is 15.5. The fourth-order valence-corrected chi connectivity index (χ4v) is 4.24. The highest BCUT2D eigenvalue weighted by Crippen LogP contribution is 2.36. The van der Waals surface area contributed by atoms with Crippen LogP contribution in [-0.4, -0.2) is 46.2 Å². The first-order chi connectivity index (χ1) is 13.3. The number of carbonyl (C=O) groups is 1. The molecule has 0 aliphatic carbocycles. The Balaban J connectivity index is 1.63. The van der Waals surface area contributed by atoms with Crippen molar-refractivity contribution in [3.8, 4) is 0 Å². The van der Waals surface area contributed by atoms with Crippen molar-refractivity contribution in [3.63, 3.8) is 0 Å². The van der Waals surface area contributed by atoms with Crippen LogP contribution in [0.2, 0.25) is 0 Å². The average Bonchev–Trinajstić information content (AvgIpc) is 3.12. The molecule has 2 aliphatic heterocycles. The number of imidazole rings is 1. The molecule has 28 heavy (non-hydrogen) atoms. The molecular weight excluding hydrogens is 391 g/mol. The Morgan fingerprint density at radius 2 is 1.96 bits per heavy atom. The lowest BCUT2D eigenvalue weighted by atomic mass is 9.95. The minimum Gasteiger partial charge on any atom is -0.377 e. The third-order valence-corrected chi connectivity index (χ3v) is 6.29. The molecule has 0 spiro atoms. The van der Waals surface area contributed by atoms with Gasteiger partial charge in [0.2, 0.25) is 5.91 Å². The van der Waals surface area contributed by atoms with Gasteiger partial charge in [-0.05, 0) is 30.8 Å². The predicted molar refractivity (Wildman–Crippen MR) is 98.1 cm³/mol. The Morgan fingerprint density at radius 3 is 2.61 bits per heavy atom. The molecule has 1 fully saturated rings. The molecule has 0 saturated carbocycles. The summed E-state index contributed by atoms with van der Waals surface area (Å²) in [7, 11) is 3.52. The second-order valence-electron chi connectivity index (χ2n) is 7.38. The highest BCUT2D eigenvalue weighted by molar-refractivity contribution is 7.71. The molecule has 1 amide bonds.